The molecule has 0 bridgehead atoms. The van der Waals surface area contributed by atoms with E-state index in [4.69, 9.17) is 0 Å². The molecule has 0 saturated carbocycles. The number of amides is 2. The molecule has 0 aliphatic carbocycles. The molecule has 5 heteroatoms. The Labute approximate surface area is 125 Å². The Balaban J connectivity index is 2.00. The van der Waals surface area contributed by atoms with Gasteiger partial charge in [0, 0.05) is 30.5 Å². The van der Waals surface area contributed by atoms with Crippen LogP contribution >= 0.6 is 11.3 Å². The van der Waals surface area contributed by atoms with Gasteiger partial charge < -0.3 is 10.6 Å². The average molecular weight is 296 g/mol. The Morgan fingerprint density at radius 1 is 1.20 bits per heavy atom. The number of nitrogens with one attached hydrogen (secondary N) is 2. The van der Waals surface area contributed by atoms with Gasteiger partial charge in [-0.05, 0) is 36.6 Å². The molecule has 0 radical (unpaired) electrons. The third kappa shape index (κ3) is 7.28. The number of carbonyl (C=O) groups is 2. The molecule has 0 atom stereocenters. The van der Waals surface area contributed by atoms with E-state index in [2.05, 4.69) is 24.5 Å². The Kier molecular flexibility index (Phi) is 7.95. The monoisotopic (exact) mass is 296 g/mol. The molecule has 0 fully saturated rings. The van der Waals surface area contributed by atoms with Gasteiger partial charge in [0.2, 0.25) is 5.91 Å². The fourth-order valence-corrected chi connectivity index (χ4v) is 2.41. The van der Waals surface area contributed by atoms with Gasteiger partial charge in [-0.15, -0.1) is 0 Å². The second-order valence-electron chi connectivity index (χ2n) is 5.26. The smallest absolute Gasteiger partial charge is 0.252 e. The van der Waals surface area contributed by atoms with Gasteiger partial charge in [0.15, 0.2) is 0 Å². The molecular formula is C15H24N2O2S. The third-order valence-electron chi connectivity index (χ3n) is 2.93. The summed E-state index contributed by atoms with van der Waals surface area (Å²) in [6.45, 7) is 5.64. The van der Waals surface area contributed by atoms with Gasteiger partial charge in [-0.2, -0.15) is 11.3 Å². The molecule has 0 spiro atoms. The first-order valence-corrected chi connectivity index (χ1v) is 8.11. The van der Waals surface area contributed by atoms with Crippen molar-refractivity contribution in [2.75, 3.05) is 13.1 Å². The first kappa shape index (κ1) is 16.7. The van der Waals surface area contributed by atoms with Crippen molar-refractivity contribution in [1.29, 1.82) is 0 Å². The molecule has 0 unspecified atom stereocenters. The fraction of sp³-hybridized carbons (Fsp3) is 0.600. The van der Waals surface area contributed by atoms with E-state index in [1.165, 1.54) is 11.3 Å². The first-order chi connectivity index (χ1) is 9.59. The van der Waals surface area contributed by atoms with Crippen LogP contribution in [-0.2, 0) is 4.79 Å². The highest BCUT2D eigenvalue weighted by Crippen LogP contribution is 2.05. The average Bonchev–Trinajstić information content (AvgIpc) is 2.93. The molecule has 2 amide bonds. The van der Waals surface area contributed by atoms with Crippen molar-refractivity contribution in [2.45, 2.75) is 39.5 Å². The van der Waals surface area contributed by atoms with Crippen LogP contribution in [0, 0.1) is 5.92 Å². The standard InChI is InChI=1S/C15H24N2O2S/c1-12(2)5-3-8-16-14(18)6-4-9-17-15(19)13-7-10-20-11-13/h7,10-12H,3-6,8-9H2,1-2H3,(H,16,18)(H,17,19). The second kappa shape index (κ2) is 9.53. The van der Waals surface area contributed by atoms with E-state index in [0.717, 1.165) is 19.4 Å². The van der Waals surface area contributed by atoms with E-state index in [1.54, 1.807) is 6.07 Å². The van der Waals surface area contributed by atoms with Crippen molar-refractivity contribution >= 4 is 23.2 Å². The highest BCUT2D eigenvalue weighted by Gasteiger charge is 2.05. The molecule has 2 N–H and O–H groups in total. The maximum atomic E-state index is 11.6. The summed E-state index contributed by atoms with van der Waals surface area (Å²) in [5.74, 6) is 0.682. The molecule has 0 aliphatic rings. The van der Waals surface area contributed by atoms with Gasteiger partial charge in [0.25, 0.3) is 5.91 Å². The number of thiophene rings is 1. The lowest BCUT2D eigenvalue weighted by Crippen LogP contribution is -2.27. The minimum atomic E-state index is -0.0661. The Morgan fingerprint density at radius 3 is 2.60 bits per heavy atom. The molecule has 0 aliphatic heterocycles. The van der Waals surface area contributed by atoms with Crippen LogP contribution in [0.1, 0.15) is 49.9 Å². The molecule has 1 aromatic rings. The van der Waals surface area contributed by atoms with Gasteiger partial charge in [-0.3, -0.25) is 9.59 Å². The molecule has 1 rings (SSSR count). The molecule has 1 heterocycles. The summed E-state index contributed by atoms with van der Waals surface area (Å²) in [6, 6.07) is 1.79. The normalized spacial score (nSPS) is 10.6. The minimum Gasteiger partial charge on any atom is -0.356 e. The minimum absolute atomic E-state index is 0.0661. The summed E-state index contributed by atoms with van der Waals surface area (Å²) in [5, 5.41) is 9.40. The predicted molar refractivity (Wildman–Crippen MR) is 83.0 cm³/mol. The molecular weight excluding hydrogens is 272 g/mol. The highest BCUT2D eigenvalue weighted by atomic mass is 32.1. The maximum Gasteiger partial charge on any atom is 0.252 e. The lowest BCUT2D eigenvalue weighted by molar-refractivity contribution is -0.121. The van der Waals surface area contributed by atoms with Gasteiger partial charge in [-0.1, -0.05) is 13.8 Å². The molecule has 20 heavy (non-hydrogen) atoms. The maximum absolute atomic E-state index is 11.6. The van der Waals surface area contributed by atoms with E-state index in [-0.39, 0.29) is 11.8 Å². The van der Waals surface area contributed by atoms with Crippen molar-refractivity contribution in [2.24, 2.45) is 5.92 Å². The van der Waals surface area contributed by atoms with Crippen LogP contribution in [0.5, 0.6) is 0 Å². The zero-order chi connectivity index (χ0) is 14.8. The topological polar surface area (TPSA) is 58.2 Å². The van der Waals surface area contributed by atoms with Gasteiger partial charge >= 0.3 is 0 Å². The third-order valence-corrected chi connectivity index (χ3v) is 3.61. The van der Waals surface area contributed by atoms with E-state index in [0.29, 0.717) is 30.9 Å². The summed E-state index contributed by atoms with van der Waals surface area (Å²) >= 11 is 1.50. The number of rotatable bonds is 9. The van der Waals surface area contributed by atoms with Crippen LogP contribution in [0.2, 0.25) is 0 Å². The van der Waals surface area contributed by atoms with Crippen LogP contribution in [0.15, 0.2) is 16.8 Å². The highest BCUT2D eigenvalue weighted by molar-refractivity contribution is 7.08. The van der Waals surface area contributed by atoms with Crippen molar-refractivity contribution in [3.8, 4) is 0 Å². The van der Waals surface area contributed by atoms with Crippen LogP contribution in [0.25, 0.3) is 0 Å². The van der Waals surface area contributed by atoms with Crippen molar-refractivity contribution in [3.05, 3.63) is 22.4 Å². The Bertz CT molecular complexity index is 402. The van der Waals surface area contributed by atoms with E-state index < -0.39 is 0 Å². The van der Waals surface area contributed by atoms with Gasteiger partial charge in [-0.25, -0.2) is 0 Å². The van der Waals surface area contributed by atoms with E-state index in [1.807, 2.05) is 10.8 Å². The number of carbonyl (C=O) groups excluding carboxylic acids is 2. The lowest BCUT2D eigenvalue weighted by Gasteiger charge is -2.07. The van der Waals surface area contributed by atoms with E-state index in [9.17, 15) is 9.59 Å². The first-order valence-electron chi connectivity index (χ1n) is 7.16. The SMILES string of the molecule is CC(C)CCCNC(=O)CCCNC(=O)c1ccsc1. The van der Waals surface area contributed by atoms with Crippen LogP contribution < -0.4 is 10.6 Å². The van der Waals surface area contributed by atoms with Crippen LogP contribution in [0.4, 0.5) is 0 Å². The number of hydrogen-bond donors (Lipinski definition) is 2. The molecule has 0 saturated heterocycles. The predicted octanol–water partition coefficient (Wildman–Crippen LogP) is 2.81. The molecule has 1 aromatic heterocycles. The fourth-order valence-electron chi connectivity index (χ4n) is 1.77. The molecule has 0 aromatic carbocycles. The molecule has 112 valence electrons. The summed E-state index contributed by atoms with van der Waals surface area (Å²) < 4.78 is 0. The summed E-state index contributed by atoms with van der Waals surface area (Å²) in [4.78, 5) is 23.2. The Hall–Kier alpha value is -1.36. The van der Waals surface area contributed by atoms with Gasteiger partial charge in [0.1, 0.15) is 0 Å². The molecule has 4 nitrogen and oxygen atoms in total. The second-order valence-corrected chi connectivity index (χ2v) is 6.04. The Morgan fingerprint density at radius 2 is 1.95 bits per heavy atom. The summed E-state index contributed by atoms with van der Waals surface area (Å²) in [5.41, 5.74) is 0.688. The van der Waals surface area contributed by atoms with Crippen molar-refractivity contribution in [3.63, 3.8) is 0 Å². The summed E-state index contributed by atoms with van der Waals surface area (Å²) in [7, 11) is 0. The van der Waals surface area contributed by atoms with Gasteiger partial charge in [0.05, 0.1) is 0 Å². The van der Waals surface area contributed by atoms with Crippen LogP contribution in [-0.4, -0.2) is 24.9 Å². The zero-order valence-corrected chi connectivity index (χ0v) is 13.1. The lowest BCUT2D eigenvalue weighted by atomic mass is 10.1. The van der Waals surface area contributed by atoms with E-state index >= 15 is 0 Å². The van der Waals surface area contributed by atoms with Crippen molar-refractivity contribution in [1.82, 2.24) is 10.6 Å². The largest absolute Gasteiger partial charge is 0.356 e. The summed E-state index contributed by atoms with van der Waals surface area (Å²) in [6.07, 6.45) is 3.30. The number of hydrogen-bond acceptors (Lipinski definition) is 3. The van der Waals surface area contributed by atoms with Crippen LogP contribution in [0.3, 0.4) is 0 Å². The quantitative estimate of drug-likeness (QED) is 0.688. The van der Waals surface area contributed by atoms with Crippen molar-refractivity contribution < 1.29 is 9.59 Å². The zero-order valence-electron chi connectivity index (χ0n) is 12.3.